The predicted octanol–water partition coefficient (Wildman–Crippen LogP) is 1.69. The Balaban J connectivity index is 0.000000360. The van der Waals surface area contributed by atoms with Crippen molar-refractivity contribution in [3.05, 3.63) is 23.8 Å². The summed E-state index contributed by atoms with van der Waals surface area (Å²) in [5, 5.41) is 0. The van der Waals surface area contributed by atoms with Gasteiger partial charge in [0.2, 0.25) is 0 Å². The summed E-state index contributed by atoms with van der Waals surface area (Å²) in [5.41, 5.74) is 1.34. The summed E-state index contributed by atoms with van der Waals surface area (Å²) in [4.78, 5) is 0. The molecule has 34 valence electrons. The second-order valence-corrected chi connectivity index (χ2v) is 1.50. The Kier molecular flexibility index (Phi) is 3.55. The van der Waals surface area contributed by atoms with Gasteiger partial charge in [-0.2, -0.15) is 6.08 Å². The van der Waals surface area contributed by atoms with Gasteiger partial charge in [0.25, 0.3) is 0 Å². The molecule has 7 heavy (non-hydrogen) atoms. The Morgan fingerprint density at radius 2 is 2.43 bits per heavy atom. The third kappa shape index (κ3) is 2.23. The van der Waals surface area contributed by atoms with Gasteiger partial charge in [-0.05, 0) is 0 Å². The van der Waals surface area contributed by atoms with E-state index in [0.29, 0.717) is 0 Å². The Hall–Kier alpha value is 0.363. The molecule has 0 N–H and O–H groups in total. The van der Waals surface area contributed by atoms with E-state index in [0.717, 1.165) is 6.42 Å². The molecule has 0 radical (unpaired) electrons. The van der Waals surface area contributed by atoms with E-state index in [9.17, 15) is 0 Å². The van der Waals surface area contributed by atoms with Crippen molar-refractivity contribution in [2.24, 2.45) is 0 Å². The fourth-order valence-electron chi connectivity index (χ4n) is 0.499. The van der Waals surface area contributed by atoms with E-state index >= 15 is 0 Å². The predicted molar refractivity (Wildman–Crippen MR) is 26.2 cm³/mol. The standard InChI is InChI=1S/C6H7.Zr/c1-6-4-2-3-5-6;/h4-5H,2H2,1H3;/q-1;+2. The molecule has 0 aromatic carbocycles. The molecule has 1 heteroatoms. The Bertz CT molecular complexity index is 98.0. The van der Waals surface area contributed by atoms with Crippen LogP contribution in [0, 0.1) is 6.08 Å². The normalized spacial score (nSPS) is 15.9. The fourth-order valence-corrected chi connectivity index (χ4v) is 0.499. The van der Waals surface area contributed by atoms with Crippen LogP contribution in [0.2, 0.25) is 0 Å². The van der Waals surface area contributed by atoms with Crippen LogP contribution >= 0.6 is 0 Å². The van der Waals surface area contributed by atoms with Gasteiger partial charge in [0, 0.05) is 0 Å². The molecule has 0 spiro atoms. The van der Waals surface area contributed by atoms with Crippen LogP contribution in [-0.2, 0) is 26.2 Å². The molecule has 1 aliphatic carbocycles. The third-order valence-corrected chi connectivity index (χ3v) is 0.872. The number of hydrogen-bond donors (Lipinski definition) is 0. The average molecular weight is 170 g/mol. The first-order valence-electron chi connectivity index (χ1n) is 2.13. The van der Waals surface area contributed by atoms with Crippen molar-refractivity contribution in [1.82, 2.24) is 0 Å². The van der Waals surface area contributed by atoms with E-state index in [1.807, 2.05) is 6.08 Å². The Labute approximate surface area is 63.4 Å². The van der Waals surface area contributed by atoms with Crippen molar-refractivity contribution < 1.29 is 26.2 Å². The van der Waals surface area contributed by atoms with Crippen LogP contribution in [0.1, 0.15) is 13.3 Å². The van der Waals surface area contributed by atoms with Crippen molar-refractivity contribution in [2.45, 2.75) is 13.3 Å². The van der Waals surface area contributed by atoms with Crippen LogP contribution in [0.25, 0.3) is 0 Å². The number of rotatable bonds is 0. The van der Waals surface area contributed by atoms with Gasteiger partial charge in [-0.25, -0.2) is 11.6 Å². The number of hydrogen-bond acceptors (Lipinski definition) is 0. The van der Waals surface area contributed by atoms with Gasteiger partial charge >= 0.3 is 26.2 Å². The average Bonchev–Trinajstić information content (AvgIpc) is 1.86. The van der Waals surface area contributed by atoms with E-state index in [1.165, 1.54) is 5.57 Å². The van der Waals surface area contributed by atoms with E-state index in [2.05, 4.69) is 19.1 Å². The maximum atomic E-state index is 3.05. The molecular formula is C6H7Zr+. The zero-order valence-corrected chi connectivity index (χ0v) is 6.82. The van der Waals surface area contributed by atoms with Gasteiger partial charge in [0.15, 0.2) is 0 Å². The van der Waals surface area contributed by atoms with Crippen molar-refractivity contribution in [3.63, 3.8) is 0 Å². The second kappa shape index (κ2) is 3.38. The summed E-state index contributed by atoms with van der Waals surface area (Å²) in [7, 11) is 0. The first-order chi connectivity index (χ1) is 2.89. The molecule has 0 bridgehead atoms. The molecule has 0 aromatic rings. The topological polar surface area (TPSA) is 0 Å². The monoisotopic (exact) mass is 169 g/mol. The van der Waals surface area contributed by atoms with Crippen LogP contribution in [0.15, 0.2) is 17.7 Å². The minimum absolute atomic E-state index is 0. The molecule has 0 saturated heterocycles. The number of allylic oxidation sites excluding steroid dienone is 4. The summed E-state index contributed by atoms with van der Waals surface area (Å²) in [5.74, 6) is 0. The zero-order chi connectivity index (χ0) is 4.41. The Morgan fingerprint density at radius 1 is 1.71 bits per heavy atom. The molecule has 0 saturated carbocycles. The smallest absolute Gasteiger partial charge is 0.273 e. The first-order valence-corrected chi connectivity index (χ1v) is 2.13. The summed E-state index contributed by atoms with van der Waals surface area (Å²) in [6, 6.07) is 0. The molecule has 0 heterocycles. The molecule has 0 atom stereocenters. The van der Waals surface area contributed by atoms with Crippen molar-refractivity contribution >= 4 is 0 Å². The molecule has 0 aromatic heterocycles. The van der Waals surface area contributed by atoms with Crippen molar-refractivity contribution in [1.29, 1.82) is 0 Å². The van der Waals surface area contributed by atoms with Gasteiger partial charge in [-0.1, -0.05) is 0 Å². The summed E-state index contributed by atoms with van der Waals surface area (Å²) < 4.78 is 0. The summed E-state index contributed by atoms with van der Waals surface area (Å²) >= 11 is 0. The minimum atomic E-state index is 0. The van der Waals surface area contributed by atoms with E-state index < -0.39 is 0 Å². The maximum Gasteiger partial charge on any atom is 2.00 e. The van der Waals surface area contributed by atoms with Crippen molar-refractivity contribution in [3.8, 4) is 0 Å². The summed E-state index contributed by atoms with van der Waals surface area (Å²) in [6.45, 7) is 2.08. The van der Waals surface area contributed by atoms with Crippen LogP contribution in [0.4, 0.5) is 0 Å². The molecule has 1 rings (SSSR count). The molecule has 1 aliphatic rings. The molecule has 0 fully saturated rings. The molecule has 0 unspecified atom stereocenters. The van der Waals surface area contributed by atoms with E-state index in [4.69, 9.17) is 0 Å². The minimum Gasteiger partial charge on any atom is -0.273 e. The van der Waals surface area contributed by atoms with Crippen LogP contribution in [0.5, 0.6) is 0 Å². The van der Waals surface area contributed by atoms with Gasteiger partial charge in [0.1, 0.15) is 0 Å². The quantitative estimate of drug-likeness (QED) is 0.485. The Morgan fingerprint density at radius 3 is 2.57 bits per heavy atom. The van der Waals surface area contributed by atoms with Crippen LogP contribution < -0.4 is 0 Å². The first kappa shape index (κ1) is 7.36. The molecule has 0 amide bonds. The van der Waals surface area contributed by atoms with Crippen LogP contribution in [-0.4, -0.2) is 0 Å². The van der Waals surface area contributed by atoms with E-state index in [1.54, 1.807) is 0 Å². The fraction of sp³-hybridized carbons (Fsp3) is 0.333. The van der Waals surface area contributed by atoms with Crippen LogP contribution in [0.3, 0.4) is 0 Å². The van der Waals surface area contributed by atoms with Gasteiger partial charge in [-0.3, -0.25) is 6.08 Å². The largest absolute Gasteiger partial charge is 2.00 e. The van der Waals surface area contributed by atoms with Gasteiger partial charge < -0.3 is 0 Å². The molecule has 0 nitrogen and oxygen atoms in total. The van der Waals surface area contributed by atoms with Crippen molar-refractivity contribution in [2.75, 3.05) is 0 Å². The van der Waals surface area contributed by atoms with E-state index in [-0.39, 0.29) is 26.2 Å². The third-order valence-electron chi connectivity index (χ3n) is 0.872. The van der Waals surface area contributed by atoms with Gasteiger partial charge in [0.05, 0.1) is 0 Å². The van der Waals surface area contributed by atoms with Gasteiger partial charge in [-0.15, -0.1) is 13.3 Å². The molecular weight excluding hydrogens is 163 g/mol. The zero-order valence-electron chi connectivity index (χ0n) is 4.36. The summed E-state index contributed by atoms with van der Waals surface area (Å²) in [6.07, 6.45) is 8.24. The second-order valence-electron chi connectivity index (χ2n) is 1.50. The molecule has 0 aliphatic heterocycles. The SMILES string of the molecule is CC1=CC[C-]=C1.[Zr+2]. The maximum absolute atomic E-state index is 3.05.